The quantitative estimate of drug-likeness (QED) is 0.329. The molecule has 1 aromatic heterocycles. The van der Waals surface area contributed by atoms with E-state index in [0.717, 1.165) is 74.3 Å². The Labute approximate surface area is 195 Å². The Kier molecular flexibility index (Phi) is 10.3. The predicted octanol–water partition coefficient (Wildman–Crippen LogP) is 3.28. The van der Waals surface area contributed by atoms with Crippen LogP contribution in [0.1, 0.15) is 23.6 Å². The molecular weight excluding hydrogens is 496 g/mol. The summed E-state index contributed by atoms with van der Waals surface area (Å²) < 4.78 is 18.7. The number of guanidine groups is 1. The average molecular weight is 527 g/mol. The number of hydrogen-bond donors (Lipinski definition) is 2. The molecule has 0 amide bonds. The van der Waals surface area contributed by atoms with E-state index in [-0.39, 0.29) is 29.8 Å². The monoisotopic (exact) mass is 527 g/mol. The number of rotatable bonds is 7. The summed E-state index contributed by atoms with van der Waals surface area (Å²) in [6.07, 6.45) is 2.63. The molecule has 164 valence electrons. The Balaban J connectivity index is 0.00000320. The molecule has 1 aromatic carbocycles. The van der Waals surface area contributed by atoms with E-state index in [0.29, 0.717) is 6.54 Å². The van der Waals surface area contributed by atoms with Crippen molar-refractivity contribution in [2.24, 2.45) is 4.99 Å². The molecule has 0 saturated carbocycles. The van der Waals surface area contributed by atoms with Crippen LogP contribution in [0.25, 0.3) is 0 Å². The summed E-state index contributed by atoms with van der Waals surface area (Å²) in [5, 5.41) is 6.66. The Morgan fingerprint density at radius 1 is 1.20 bits per heavy atom. The van der Waals surface area contributed by atoms with Crippen LogP contribution in [-0.4, -0.2) is 50.3 Å². The van der Waals surface area contributed by atoms with Gasteiger partial charge in [0, 0.05) is 37.9 Å². The normalized spacial score (nSPS) is 14.2. The lowest BCUT2D eigenvalue weighted by Gasteiger charge is -2.29. The van der Waals surface area contributed by atoms with Crippen LogP contribution in [0, 0.1) is 12.7 Å². The van der Waals surface area contributed by atoms with E-state index < -0.39 is 0 Å². The fraction of sp³-hybridized carbons (Fsp3) is 0.455. The maximum absolute atomic E-state index is 13.3. The van der Waals surface area contributed by atoms with Crippen LogP contribution in [0.3, 0.4) is 0 Å². The number of hydrogen-bond acceptors (Lipinski definition) is 4. The van der Waals surface area contributed by atoms with Crippen molar-refractivity contribution in [3.8, 4) is 0 Å². The van der Waals surface area contributed by atoms with Gasteiger partial charge in [0.25, 0.3) is 0 Å². The van der Waals surface area contributed by atoms with Crippen molar-refractivity contribution in [2.75, 3.05) is 44.3 Å². The summed E-state index contributed by atoms with van der Waals surface area (Å²) >= 11 is 0. The molecule has 3 rings (SSSR count). The topological polar surface area (TPSA) is 61.8 Å². The van der Waals surface area contributed by atoms with Gasteiger partial charge in [-0.25, -0.2) is 14.4 Å². The Hall–Kier alpha value is -1.94. The minimum atomic E-state index is -0.193. The van der Waals surface area contributed by atoms with Crippen molar-refractivity contribution < 1.29 is 9.13 Å². The Morgan fingerprint density at radius 2 is 2.00 bits per heavy atom. The molecule has 0 atom stereocenters. The molecule has 0 spiro atoms. The molecule has 1 saturated heterocycles. The van der Waals surface area contributed by atoms with Crippen LogP contribution in [0.15, 0.2) is 41.5 Å². The number of nitrogens with zero attached hydrogens (tertiary/aromatic N) is 3. The molecule has 2 heterocycles. The highest BCUT2D eigenvalue weighted by atomic mass is 127. The van der Waals surface area contributed by atoms with E-state index in [1.165, 1.54) is 6.07 Å². The smallest absolute Gasteiger partial charge is 0.191 e. The first-order chi connectivity index (χ1) is 14.2. The first-order valence-corrected chi connectivity index (χ1v) is 10.2. The predicted molar refractivity (Wildman–Crippen MR) is 130 cm³/mol. The molecule has 1 aliphatic rings. The van der Waals surface area contributed by atoms with Crippen molar-refractivity contribution in [2.45, 2.75) is 26.8 Å². The zero-order valence-corrected chi connectivity index (χ0v) is 20.0. The number of anilines is 1. The summed E-state index contributed by atoms with van der Waals surface area (Å²) in [5.41, 5.74) is 3.21. The Morgan fingerprint density at radius 3 is 2.73 bits per heavy atom. The molecule has 1 fully saturated rings. The van der Waals surface area contributed by atoms with Gasteiger partial charge in [0.1, 0.15) is 11.6 Å². The van der Waals surface area contributed by atoms with Crippen LogP contribution in [-0.2, 0) is 17.7 Å². The second-order valence-electron chi connectivity index (χ2n) is 7.03. The number of benzene rings is 1. The van der Waals surface area contributed by atoms with Crippen LogP contribution in [0.5, 0.6) is 0 Å². The largest absolute Gasteiger partial charge is 0.378 e. The van der Waals surface area contributed by atoms with Gasteiger partial charge in [0.15, 0.2) is 5.96 Å². The third-order valence-corrected chi connectivity index (χ3v) is 4.92. The van der Waals surface area contributed by atoms with Crippen LogP contribution >= 0.6 is 24.0 Å². The van der Waals surface area contributed by atoms with E-state index >= 15 is 0 Å². The number of morpholine rings is 1. The lowest BCUT2D eigenvalue weighted by Crippen LogP contribution is -2.38. The summed E-state index contributed by atoms with van der Waals surface area (Å²) in [7, 11) is 0. The molecule has 30 heavy (non-hydrogen) atoms. The van der Waals surface area contributed by atoms with Gasteiger partial charge in [0.05, 0.1) is 19.8 Å². The standard InChI is InChI=1S/C22H30FN5O.HI/c1-3-24-22(26-10-8-18-6-7-20(23)15-17(18)2)27-16-19-5-4-9-25-21(19)28-11-13-29-14-12-28;/h4-7,9,15H,3,8,10-14,16H2,1-2H3,(H2,24,26,27);1H. The van der Waals surface area contributed by atoms with Gasteiger partial charge in [0.2, 0.25) is 0 Å². The van der Waals surface area contributed by atoms with Gasteiger partial charge < -0.3 is 20.3 Å². The maximum Gasteiger partial charge on any atom is 0.191 e. The van der Waals surface area contributed by atoms with Gasteiger partial charge in [-0.3, -0.25) is 0 Å². The van der Waals surface area contributed by atoms with Gasteiger partial charge >= 0.3 is 0 Å². The minimum Gasteiger partial charge on any atom is -0.378 e. The average Bonchev–Trinajstić information content (AvgIpc) is 2.74. The van der Waals surface area contributed by atoms with Crippen LogP contribution < -0.4 is 15.5 Å². The van der Waals surface area contributed by atoms with E-state index in [4.69, 9.17) is 9.73 Å². The van der Waals surface area contributed by atoms with Gasteiger partial charge in [-0.05, 0) is 49.6 Å². The maximum atomic E-state index is 13.3. The minimum absolute atomic E-state index is 0. The zero-order valence-electron chi connectivity index (χ0n) is 17.7. The molecule has 0 radical (unpaired) electrons. The fourth-order valence-corrected chi connectivity index (χ4v) is 3.37. The lowest BCUT2D eigenvalue weighted by molar-refractivity contribution is 0.122. The number of aryl methyl sites for hydroxylation is 1. The fourth-order valence-electron chi connectivity index (χ4n) is 3.37. The number of aromatic nitrogens is 1. The van der Waals surface area contributed by atoms with E-state index in [2.05, 4.69) is 26.6 Å². The van der Waals surface area contributed by atoms with E-state index in [1.807, 2.05) is 32.2 Å². The second-order valence-corrected chi connectivity index (χ2v) is 7.03. The van der Waals surface area contributed by atoms with E-state index in [1.54, 1.807) is 6.07 Å². The zero-order chi connectivity index (χ0) is 20.5. The lowest BCUT2D eigenvalue weighted by atomic mass is 10.1. The summed E-state index contributed by atoms with van der Waals surface area (Å²) in [4.78, 5) is 11.6. The molecule has 1 aliphatic heterocycles. The summed E-state index contributed by atoms with van der Waals surface area (Å²) in [5.74, 6) is 1.56. The number of pyridine rings is 1. The number of ether oxygens (including phenoxy) is 1. The summed E-state index contributed by atoms with van der Waals surface area (Å²) in [6, 6.07) is 8.96. The molecule has 6 nitrogen and oxygen atoms in total. The SMILES string of the molecule is CCNC(=NCc1cccnc1N1CCOCC1)NCCc1ccc(F)cc1C.I. The number of nitrogens with one attached hydrogen (secondary N) is 2. The third kappa shape index (κ3) is 7.09. The van der Waals surface area contributed by atoms with Crippen LogP contribution in [0.4, 0.5) is 10.2 Å². The van der Waals surface area contributed by atoms with Crippen molar-refractivity contribution in [1.82, 2.24) is 15.6 Å². The third-order valence-electron chi connectivity index (χ3n) is 4.92. The molecule has 0 aliphatic carbocycles. The number of halogens is 2. The molecular formula is C22H31FIN5O. The van der Waals surface area contributed by atoms with Crippen molar-refractivity contribution in [3.63, 3.8) is 0 Å². The van der Waals surface area contributed by atoms with Crippen molar-refractivity contribution in [1.29, 1.82) is 0 Å². The van der Waals surface area contributed by atoms with E-state index in [9.17, 15) is 4.39 Å². The van der Waals surface area contributed by atoms with Gasteiger partial charge in [-0.15, -0.1) is 24.0 Å². The second kappa shape index (κ2) is 12.7. The van der Waals surface area contributed by atoms with Crippen LogP contribution in [0.2, 0.25) is 0 Å². The molecule has 2 aromatic rings. The van der Waals surface area contributed by atoms with Gasteiger partial charge in [-0.2, -0.15) is 0 Å². The molecule has 2 N–H and O–H groups in total. The highest BCUT2D eigenvalue weighted by molar-refractivity contribution is 14.0. The number of aliphatic imine (C=N–C) groups is 1. The van der Waals surface area contributed by atoms with Gasteiger partial charge in [-0.1, -0.05) is 12.1 Å². The molecule has 8 heteroatoms. The summed E-state index contributed by atoms with van der Waals surface area (Å²) in [6.45, 7) is 9.19. The van der Waals surface area contributed by atoms with Crippen molar-refractivity contribution >= 4 is 35.8 Å². The molecule has 0 unspecified atom stereocenters. The Bertz CT molecular complexity index is 827. The first-order valence-electron chi connectivity index (χ1n) is 10.2. The first kappa shape index (κ1) is 24.3. The highest BCUT2D eigenvalue weighted by Crippen LogP contribution is 2.19. The highest BCUT2D eigenvalue weighted by Gasteiger charge is 2.15. The molecule has 0 bridgehead atoms. The van der Waals surface area contributed by atoms with Crippen molar-refractivity contribution in [3.05, 3.63) is 59.0 Å².